The fourth-order valence-corrected chi connectivity index (χ4v) is 4.19. The zero-order valence-electron chi connectivity index (χ0n) is 16.4. The molecular formula is C17H18ClF4N2O6P. The average Bonchev–Trinajstić information content (AvgIpc) is 2.63. The maximum Gasteiger partial charge on any atom is 0.431 e. The minimum absolute atomic E-state index is 0.119. The van der Waals surface area contributed by atoms with Crippen molar-refractivity contribution in [1.82, 2.24) is 9.13 Å². The van der Waals surface area contributed by atoms with Gasteiger partial charge < -0.3 is 14.5 Å². The molecule has 0 saturated heterocycles. The summed E-state index contributed by atoms with van der Waals surface area (Å²) >= 11 is 5.92. The van der Waals surface area contributed by atoms with Crippen molar-refractivity contribution in [3.8, 4) is 11.4 Å². The lowest BCUT2D eigenvalue weighted by Crippen LogP contribution is -2.41. The molecule has 31 heavy (non-hydrogen) atoms. The van der Waals surface area contributed by atoms with E-state index in [1.54, 1.807) is 0 Å². The monoisotopic (exact) mass is 488 g/mol. The van der Waals surface area contributed by atoms with E-state index < -0.39 is 58.3 Å². The summed E-state index contributed by atoms with van der Waals surface area (Å²) in [5.74, 6) is -1.72. The number of halogens is 5. The van der Waals surface area contributed by atoms with Crippen LogP contribution < -0.4 is 16.0 Å². The van der Waals surface area contributed by atoms with E-state index in [-0.39, 0.29) is 28.0 Å². The molecule has 2 N–H and O–H groups in total. The molecule has 0 fully saturated rings. The quantitative estimate of drug-likeness (QED) is 0.476. The van der Waals surface area contributed by atoms with Gasteiger partial charge in [0.2, 0.25) is 5.34 Å². The van der Waals surface area contributed by atoms with E-state index in [9.17, 15) is 41.5 Å². The highest BCUT2D eigenvalue weighted by atomic mass is 35.5. The molecule has 0 radical (unpaired) electrons. The molecule has 2 aromatic rings. The highest BCUT2D eigenvalue weighted by molar-refractivity contribution is 7.53. The van der Waals surface area contributed by atoms with E-state index in [2.05, 4.69) is 0 Å². The lowest BCUT2D eigenvalue weighted by atomic mass is 10.2. The Morgan fingerprint density at radius 1 is 1.13 bits per heavy atom. The van der Waals surface area contributed by atoms with E-state index in [0.29, 0.717) is 6.07 Å². The van der Waals surface area contributed by atoms with E-state index in [0.717, 1.165) is 13.1 Å². The van der Waals surface area contributed by atoms with E-state index in [4.69, 9.17) is 16.3 Å². The largest absolute Gasteiger partial charge is 0.473 e. The first-order chi connectivity index (χ1) is 14.1. The fraction of sp³-hybridized carbons (Fsp3) is 0.412. The minimum Gasteiger partial charge on any atom is -0.473 e. The Bertz CT molecular complexity index is 1170. The van der Waals surface area contributed by atoms with Gasteiger partial charge in [0.1, 0.15) is 17.3 Å². The summed E-state index contributed by atoms with van der Waals surface area (Å²) < 4.78 is 71.3. The summed E-state index contributed by atoms with van der Waals surface area (Å²) in [6.45, 7) is 2.86. The molecule has 0 aliphatic carbocycles. The Balaban J connectivity index is 2.78. The summed E-state index contributed by atoms with van der Waals surface area (Å²) in [6, 6.07) is 1.46. The number of hydrogen-bond donors (Lipinski definition) is 2. The molecule has 0 spiro atoms. The van der Waals surface area contributed by atoms with Crippen molar-refractivity contribution >= 4 is 19.2 Å². The Kier molecular flexibility index (Phi) is 6.82. The second-order valence-corrected chi connectivity index (χ2v) is 8.89. The standard InChI is InChI=1S/C17H18ClF4N2O6P/c1-4-16(5-2,31(27,28)29)30-12-7-11(10(19)6-9(12)18)24-14(25)8-13(17(20,21)22)23(3)15(24)26/h6-8H,4-5H2,1-3H3,(H2,27,28,29). The second kappa shape index (κ2) is 8.42. The van der Waals surface area contributed by atoms with Crippen molar-refractivity contribution in [1.29, 1.82) is 0 Å². The van der Waals surface area contributed by atoms with Crippen LogP contribution >= 0.6 is 19.2 Å². The molecule has 0 saturated carbocycles. The molecule has 14 heteroatoms. The van der Waals surface area contributed by atoms with Gasteiger partial charge in [-0.15, -0.1) is 0 Å². The van der Waals surface area contributed by atoms with Crippen LogP contribution in [0.15, 0.2) is 27.8 Å². The Hall–Kier alpha value is -2.14. The first-order valence-electron chi connectivity index (χ1n) is 8.74. The highest BCUT2D eigenvalue weighted by Crippen LogP contribution is 2.55. The molecule has 2 rings (SSSR count). The van der Waals surface area contributed by atoms with Gasteiger partial charge in [-0.2, -0.15) is 13.2 Å². The van der Waals surface area contributed by atoms with Crippen LogP contribution in [-0.4, -0.2) is 24.3 Å². The molecule has 1 aromatic carbocycles. The topological polar surface area (TPSA) is 111 Å². The van der Waals surface area contributed by atoms with Gasteiger partial charge in [-0.25, -0.2) is 13.8 Å². The summed E-state index contributed by atoms with van der Waals surface area (Å²) in [7, 11) is -4.13. The molecule has 1 heterocycles. The van der Waals surface area contributed by atoms with Crippen molar-refractivity contribution in [2.24, 2.45) is 7.05 Å². The maximum atomic E-state index is 14.5. The van der Waals surface area contributed by atoms with Gasteiger partial charge in [-0.05, 0) is 18.9 Å². The van der Waals surface area contributed by atoms with E-state index in [1.165, 1.54) is 13.8 Å². The van der Waals surface area contributed by atoms with Crippen molar-refractivity contribution in [2.45, 2.75) is 38.2 Å². The number of alkyl halides is 3. The molecule has 8 nitrogen and oxygen atoms in total. The van der Waals surface area contributed by atoms with Crippen LogP contribution in [0, 0.1) is 5.82 Å². The van der Waals surface area contributed by atoms with E-state index in [1.807, 2.05) is 0 Å². The molecule has 0 bridgehead atoms. The molecular weight excluding hydrogens is 471 g/mol. The molecule has 0 amide bonds. The van der Waals surface area contributed by atoms with Gasteiger partial charge in [-0.1, -0.05) is 25.4 Å². The van der Waals surface area contributed by atoms with Crippen molar-refractivity contribution in [3.63, 3.8) is 0 Å². The van der Waals surface area contributed by atoms with Gasteiger partial charge in [-0.3, -0.25) is 13.9 Å². The average molecular weight is 489 g/mol. The first-order valence-corrected chi connectivity index (χ1v) is 10.7. The molecule has 0 aliphatic heterocycles. The summed E-state index contributed by atoms with van der Waals surface area (Å²) in [5, 5.41) is -2.47. The number of ether oxygens (including phenoxy) is 1. The van der Waals surface area contributed by atoms with Crippen molar-refractivity contribution < 1.29 is 36.7 Å². The Morgan fingerprint density at radius 2 is 1.68 bits per heavy atom. The molecule has 0 aliphatic rings. The Morgan fingerprint density at radius 3 is 2.13 bits per heavy atom. The third-order valence-corrected chi connectivity index (χ3v) is 6.87. The van der Waals surface area contributed by atoms with Crippen molar-refractivity contribution in [2.75, 3.05) is 0 Å². The third-order valence-electron chi connectivity index (χ3n) is 4.79. The summed E-state index contributed by atoms with van der Waals surface area (Å²) in [4.78, 5) is 44.1. The fourth-order valence-electron chi connectivity index (χ4n) is 2.96. The molecule has 172 valence electrons. The summed E-state index contributed by atoms with van der Waals surface area (Å²) in [5.41, 5.74) is -5.32. The molecule has 1 aromatic heterocycles. The molecule has 0 atom stereocenters. The normalized spacial score (nSPS) is 12.8. The van der Waals surface area contributed by atoms with Crippen LogP contribution in [0.1, 0.15) is 32.4 Å². The number of nitrogens with zero attached hydrogens (tertiary/aromatic N) is 2. The second-order valence-electron chi connectivity index (χ2n) is 6.58. The third kappa shape index (κ3) is 4.57. The number of aromatic nitrogens is 2. The minimum atomic E-state index is -5.01. The predicted molar refractivity (Wildman–Crippen MR) is 103 cm³/mol. The summed E-state index contributed by atoms with van der Waals surface area (Å²) in [6.07, 6.45) is -5.37. The van der Waals surface area contributed by atoms with Gasteiger partial charge in [0, 0.05) is 19.2 Å². The van der Waals surface area contributed by atoms with Gasteiger partial charge in [0.25, 0.3) is 5.56 Å². The van der Waals surface area contributed by atoms with Crippen LogP contribution in [0.5, 0.6) is 5.75 Å². The van der Waals surface area contributed by atoms with Gasteiger partial charge in [0.05, 0.1) is 10.7 Å². The Labute approximate surface area is 177 Å². The van der Waals surface area contributed by atoms with Gasteiger partial charge in [0.15, 0.2) is 0 Å². The van der Waals surface area contributed by atoms with Crippen LogP contribution in [0.25, 0.3) is 5.69 Å². The number of benzene rings is 1. The smallest absolute Gasteiger partial charge is 0.431 e. The van der Waals surface area contributed by atoms with Crippen LogP contribution in [-0.2, 0) is 17.8 Å². The number of rotatable bonds is 6. The van der Waals surface area contributed by atoms with Crippen molar-refractivity contribution in [3.05, 3.63) is 55.6 Å². The van der Waals surface area contributed by atoms with E-state index >= 15 is 0 Å². The maximum absolute atomic E-state index is 14.5. The lowest BCUT2D eigenvalue weighted by Gasteiger charge is -2.33. The van der Waals surface area contributed by atoms with Crippen LogP contribution in [0.4, 0.5) is 17.6 Å². The predicted octanol–water partition coefficient (Wildman–Crippen LogP) is 3.42. The first kappa shape index (κ1) is 25.1. The van der Waals surface area contributed by atoms with Crippen LogP contribution in [0.2, 0.25) is 5.02 Å². The van der Waals surface area contributed by atoms with Gasteiger partial charge >= 0.3 is 19.5 Å². The molecule has 0 unspecified atom stereocenters. The SMILES string of the molecule is CCC(CC)(Oc1cc(-n2c(=O)cc(C(F)(F)F)n(C)c2=O)c(F)cc1Cl)P(=O)(O)O. The number of hydrogen-bond acceptors (Lipinski definition) is 4. The highest BCUT2D eigenvalue weighted by Gasteiger charge is 2.47. The lowest BCUT2D eigenvalue weighted by molar-refractivity contribution is -0.144. The zero-order chi connectivity index (χ0) is 23.9. The zero-order valence-corrected chi connectivity index (χ0v) is 18.1. The van der Waals surface area contributed by atoms with Crippen LogP contribution in [0.3, 0.4) is 0 Å².